The Labute approximate surface area is 94.8 Å². The van der Waals surface area contributed by atoms with Gasteiger partial charge < -0.3 is 0 Å². The van der Waals surface area contributed by atoms with Crippen molar-refractivity contribution in [3.05, 3.63) is 65.0 Å². The highest BCUT2D eigenvalue weighted by Gasteiger charge is 1.95. The van der Waals surface area contributed by atoms with E-state index >= 15 is 0 Å². The van der Waals surface area contributed by atoms with Gasteiger partial charge in [-0.15, -0.1) is 0 Å². The lowest BCUT2D eigenvalue weighted by molar-refractivity contribution is 1.27. The van der Waals surface area contributed by atoms with Crippen molar-refractivity contribution in [3.8, 4) is 0 Å². The van der Waals surface area contributed by atoms with Crippen LogP contribution in [0.1, 0.15) is 22.5 Å². The predicted molar refractivity (Wildman–Crippen MR) is 68.5 cm³/mol. The SMILES string of the molecule is C1=C\c2cccc(n2)/C=C\c2ccc/1cc2. The van der Waals surface area contributed by atoms with Crippen LogP contribution in [0.2, 0.25) is 0 Å². The molecular weight excluding hydrogens is 194 g/mol. The first-order valence-electron chi connectivity index (χ1n) is 5.33. The third kappa shape index (κ3) is 1.80. The Morgan fingerprint density at radius 1 is 0.562 bits per heavy atom. The molecule has 0 fully saturated rings. The Morgan fingerprint density at radius 3 is 1.56 bits per heavy atom. The highest BCUT2D eigenvalue weighted by Crippen LogP contribution is 2.13. The van der Waals surface area contributed by atoms with Gasteiger partial charge in [-0.3, -0.25) is 0 Å². The number of aromatic nitrogens is 1. The molecule has 0 saturated heterocycles. The molecule has 0 N–H and O–H groups in total. The Kier molecular flexibility index (Phi) is 2.15. The summed E-state index contributed by atoms with van der Waals surface area (Å²) >= 11 is 0. The normalized spacial score (nSPS) is 16.5. The molecule has 0 aliphatic carbocycles. The zero-order chi connectivity index (χ0) is 10.8. The molecule has 2 aliphatic rings. The minimum atomic E-state index is 0.992. The van der Waals surface area contributed by atoms with E-state index in [0.29, 0.717) is 0 Å². The predicted octanol–water partition coefficient (Wildman–Crippen LogP) is 3.74. The standard InChI is InChI=1S/C15H11N/c1-2-14-10-8-12-4-6-13(7-5-12)9-11-15(3-1)16-14/h1-11H/b10-8-,11-9-. The van der Waals surface area contributed by atoms with E-state index in [0.717, 1.165) is 11.4 Å². The van der Waals surface area contributed by atoms with Crippen molar-refractivity contribution < 1.29 is 0 Å². The van der Waals surface area contributed by atoms with E-state index < -0.39 is 0 Å². The molecule has 16 heavy (non-hydrogen) atoms. The first kappa shape index (κ1) is 9.10. The molecule has 0 amide bonds. The van der Waals surface area contributed by atoms with Crippen molar-refractivity contribution in [3.63, 3.8) is 0 Å². The van der Waals surface area contributed by atoms with Crippen LogP contribution in [0, 0.1) is 0 Å². The van der Waals surface area contributed by atoms with Gasteiger partial charge in [0, 0.05) is 0 Å². The van der Waals surface area contributed by atoms with Gasteiger partial charge in [-0.05, 0) is 35.4 Å². The Balaban J connectivity index is 2.21. The molecule has 3 heterocycles. The van der Waals surface area contributed by atoms with E-state index in [1.165, 1.54) is 11.1 Å². The van der Waals surface area contributed by atoms with Gasteiger partial charge in [0.15, 0.2) is 0 Å². The van der Waals surface area contributed by atoms with E-state index in [-0.39, 0.29) is 0 Å². The lowest BCUT2D eigenvalue weighted by Crippen LogP contribution is -1.83. The van der Waals surface area contributed by atoms with Crippen molar-refractivity contribution in [1.29, 1.82) is 0 Å². The maximum atomic E-state index is 4.52. The Bertz CT molecular complexity index is 514. The number of hydrogen-bond acceptors (Lipinski definition) is 1. The summed E-state index contributed by atoms with van der Waals surface area (Å²) in [6, 6.07) is 14.5. The second-order valence-corrected chi connectivity index (χ2v) is 3.82. The second kappa shape index (κ2) is 3.78. The summed E-state index contributed by atoms with van der Waals surface area (Å²) < 4.78 is 0. The second-order valence-electron chi connectivity index (χ2n) is 3.82. The van der Waals surface area contributed by atoms with Crippen molar-refractivity contribution in [2.24, 2.45) is 0 Å². The fourth-order valence-electron chi connectivity index (χ4n) is 1.74. The van der Waals surface area contributed by atoms with Gasteiger partial charge in [0.25, 0.3) is 0 Å². The molecule has 2 aromatic rings. The zero-order valence-corrected chi connectivity index (χ0v) is 8.80. The van der Waals surface area contributed by atoms with Crippen LogP contribution in [-0.2, 0) is 0 Å². The molecule has 0 radical (unpaired) electrons. The number of rotatable bonds is 0. The number of benzene rings is 1. The molecule has 2 aliphatic heterocycles. The third-order valence-electron chi connectivity index (χ3n) is 2.62. The molecule has 0 saturated carbocycles. The molecule has 1 aromatic heterocycles. The van der Waals surface area contributed by atoms with E-state index in [4.69, 9.17) is 0 Å². The number of nitrogens with zero attached hydrogens (tertiary/aromatic N) is 1. The van der Waals surface area contributed by atoms with Gasteiger partial charge in [0.05, 0.1) is 11.4 Å². The third-order valence-corrected chi connectivity index (χ3v) is 2.62. The molecule has 4 rings (SSSR count). The summed E-state index contributed by atoms with van der Waals surface area (Å²) in [6.45, 7) is 0. The van der Waals surface area contributed by atoms with Crippen molar-refractivity contribution in [1.82, 2.24) is 4.98 Å². The van der Waals surface area contributed by atoms with Gasteiger partial charge in [0.1, 0.15) is 0 Å². The first-order valence-corrected chi connectivity index (χ1v) is 5.33. The smallest absolute Gasteiger partial charge is 0.0637 e. The lowest BCUT2D eigenvalue weighted by atomic mass is 10.1. The largest absolute Gasteiger partial charge is 0.249 e. The molecule has 1 aromatic carbocycles. The quantitative estimate of drug-likeness (QED) is 0.545. The minimum Gasteiger partial charge on any atom is -0.249 e. The fourth-order valence-corrected chi connectivity index (χ4v) is 1.74. The number of pyridine rings is 1. The molecule has 0 unspecified atom stereocenters. The monoisotopic (exact) mass is 205 g/mol. The van der Waals surface area contributed by atoms with Gasteiger partial charge in [-0.25, -0.2) is 4.98 Å². The van der Waals surface area contributed by atoms with Crippen LogP contribution in [0.25, 0.3) is 24.3 Å². The summed E-state index contributed by atoms with van der Waals surface area (Å²) in [4.78, 5) is 4.52. The molecular formula is C15H11N. The Morgan fingerprint density at radius 2 is 1.06 bits per heavy atom. The van der Waals surface area contributed by atoms with E-state index in [9.17, 15) is 0 Å². The van der Waals surface area contributed by atoms with Gasteiger partial charge >= 0.3 is 0 Å². The van der Waals surface area contributed by atoms with Crippen LogP contribution < -0.4 is 0 Å². The van der Waals surface area contributed by atoms with Crippen LogP contribution in [0.3, 0.4) is 0 Å². The summed E-state index contributed by atoms with van der Waals surface area (Å²) in [5.41, 5.74) is 4.39. The van der Waals surface area contributed by atoms with Crippen LogP contribution in [0.4, 0.5) is 0 Å². The number of hydrogen-bond donors (Lipinski definition) is 0. The summed E-state index contributed by atoms with van der Waals surface area (Å²) in [7, 11) is 0. The summed E-state index contributed by atoms with van der Waals surface area (Å²) in [5, 5.41) is 0. The maximum absolute atomic E-state index is 4.52. The minimum absolute atomic E-state index is 0.992. The molecule has 76 valence electrons. The molecule has 1 nitrogen and oxygen atoms in total. The zero-order valence-electron chi connectivity index (χ0n) is 8.80. The van der Waals surface area contributed by atoms with E-state index in [1.807, 2.05) is 30.4 Å². The van der Waals surface area contributed by atoms with Crippen LogP contribution in [-0.4, -0.2) is 4.98 Å². The average Bonchev–Trinajstić information content (AvgIpc) is 2.39. The molecule has 0 atom stereocenters. The van der Waals surface area contributed by atoms with E-state index in [2.05, 4.69) is 41.4 Å². The highest BCUT2D eigenvalue weighted by atomic mass is 14.7. The van der Waals surface area contributed by atoms with Crippen molar-refractivity contribution in [2.75, 3.05) is 0 Å². The van der Waals surface area contributed by atoms with Gasteiger partial charge in [0.2, 0.25) is 0 Å². The van der Waals surface area contributed by atoms with Crippen LogP contribution in [0.15, 0.2) is 42.5 Å². The van der Waals surface area contributed by atoms with E-state index in [1.54, 1.807) is 0 Å². The lowest BCUT2D eigenvalue weighted by Gasteiger charge is -1.94. The Hall–Kier alpha value is -2.15. The first-order chi connectivity index (χ1) is 7.90. The summed E-state index contributed by atoms with van der Waals surface area (Å²) in [5.74, 6) is 0. The van der Waals surface area contributed by atoms with Crippen LogP contribution >= 0.6 is 0 Å². The van der Waals surface area contributed by atoms with Crippen molar-refractivity contribution >= 4 is 24.3 Å². The summed E-state index contributed by atoms with van der Waals surface area (Å²) in [6.07, 6.45) is 8.25. The fraction of sp³-hybridized carbons (Fsp3) is 0. The van der Waals surface area contributed by atoms with Gasteiger partial charge in [-0.2, -0.15) is 0 Å². The molecule has 1 heteroatoms. The topological polar surface area (TPSA) is 12.9 Å². The van der Waals surface area contributed by atoms with Gasteiger partial charge in [-0.1, -0.05) is 42.5 Å². The highest BCUT2D eigenvalue weighted by molar-refractivity contribution is 5.73. The van der Waals surface area contributed by atoms with Crippen molar-refractivity contribution in [2.45, 2.75) is 0 Å². The molecule has 0 spiro atoms. The average molecular weight is 205 g/mol. The maximum Gasteiger partial charge on any atom is 0.0637 e. The van der Waals surface area contributed by atoms with Crippen LogP contribution in [0.5, 0.6) is 0 Å². The molecule has 4 bridgehead atoms. The number of fused-ring (bicyclic) bond motifs is 2.